The zero-order valence-corrected chi connectivity index (χ0v) is 14.3. The molecule has 0 fully saturated rings. The van der Waals surface area contributed by atoms with Crippen molar-refractivity contribution >= 4 is 5.91 Å². The van der Waals surface area contributed by atoms with Crippen molar-refractivity contribution in [2.75, 3.05) is 6.61 Å². The number of halogens is 2. The Bertz CT molecular complexity index is 778. The van der Waals surface area contributed by atoms with Crippen molar-refractivity contribution in [2.45, 2.75) is 38.3 Å². The SMILES string of the molecule is CCO[C@H]1c2ccccc2C[C@@H]1NC(=O)[C@@H](C)c1ccc(F)cc1F. The summed E-state index contributed by atoms with van der Waals surface area (Å²) in [5.74, 6) is -2.38. The van der Waals surface area contributed by atoms with Crippen molar-refractivity contribution in [1.29, 1.82) is 0 Å². The third-order valence-corrected chi connectivity index (χ3v) is 4.66. The second-order valence-electron chi connectivity index (χ2n) is 6.28. The summed E-state index contributed by atoms with van der Waals surface area (Å²) in [5, 5.41) is 2.98. The second-order valence-corrected chi connectivity index (χ2v) is 6.28. The number of fused-ring (bicyclic) bond motifs is 1. The van der Waals surface area contributed by atoms with E-state index in [2.05, 4.69) is 5.32 Å². The Kier molecular flexibility index (Phi) is 5.13. The van der Waals surface area contributed by atoms with Crippen molar-refractivity contribution in [3.63, 3.8) is 0 Å². The van der Waals surface area contributed by atoms with E-state index in [4.69, 9.17) is 4.74 Å². The van der Waals surface area contributed by atoms with E-state index in [0.29, 0.717) is 13.0 Å². The first kappa shape index (κ1) is 17.5. The zero-order chi connectivity index (χ0) is 18.0. The molecule has 0 saturated carbocycles. The highest BCUT2D eigenvalue weighted by atomic mass is 19.1. The molecule has 0 radical (unpaired) electrons. The van der Waals surface area contributed by atoms with E-state index in [1.54, 1.807) is 6.92 Å². The largest absolute Gasteiger partial charge is 0.372 e. The van der Waals surface area contributed by atoms with Crippen LogP contribution < -0.4 is 5.32 Å². The topological polar surface area (TPSA) is 38.3 Å². The van der Waals surface area contributed by atoms with Crippen LogP contribution in [-0.2, 0) is 16.0 Å². The van der Waals surface area contributed by atoms with Crippen LogP contribution in [0.4, 0.5) is 8.78 Å². The molecular weight excluding hydrogens is 324 g/mol. The average molecular weight is 345 g/mol. The number of carbonyl (C=O) groups excluding carboxylic acids is 1. The molecule has 132 valence electrons. The van der Waals surface area contributed by atoms with E-state index < -0.39 is 17.6 Å². The molecule has 0 spiro atoms. The van der Waals surface area contributed by atoms with E-state index in [0.717, 1.165) is 23.3 Å². The molecule has 3 rings (SSSR count). The van der Waals surface area contributed by atoms with Crippen LogP contribution in [0, 0.1) is 11.6 Å². The molecule has 1 N–H and O–H groups in total. The van der Waals surface area contributed by atoms with Crippen molar-refractivity contribution in [3.05, 3.63) is 70.8 Å². The predicted molar refractivity (Wildman–Crippen MR) is 91.2 cm³/mol. The van der Waals surface area contributed by atoms with Crippen molar-refractivity contribution in [3.8, 4) is 0 Å². The molecule has 25 heavy (non-hydrogen) atoms. The molecule has 0 unspecified atom stereocenters. The van der Waals surface area contributed by atoms with Crippen LogP contribution in [0.3, 0.4) is 0 Å². The summed E-state index contributed by atoms with van der Waals surface area (Å²) in [6.07, 6.45) is 0.459. The van der Waals surface area contributed by atoms with Gasteiger partial charge in [0.2, 0.25) is 5.91 Å². The highest BCUT2D eigenvalue weighted by Gasteiger charge is 2.35. The fraction of sp³-hybridized carbons (Fsp3) is 0.350. The van der Waals surface area contributed by atoms with Gasteiger partial charge in [-0.15, -0.1) is 0 Å². The molecule has 3 atom stereocenters. The quantitative estimate of drug-likeness (QED) is 0.893. The maximum Gasteiger partial charge on any atom is 0.227 e. The normalized spacial score (nSPS) is 20.2. The van der Waals surface area contributed by atoms with Gasteiger partial charge in [0.15, 0.2) is 0 Å². The standard InChI is InChI=1S/C20H21F2NO2/c1-3-25-19-16-7-5-4-6-13(16)10-18(19)23-20(24)12(2)15-9-8-14(21)11-17(15)22/h4-9,11-12,18-19H,3,10H2,1-2H3,(H,23,24)/t12-,18-,19-/m0/s1. The van der Waals surface area contributed by atoms with Gasteiger partial charge >= 0.3 is 0 Å². The molecule has 3 nitrogen and oxygen atoms in total. The Hall–Kier alpha value is -2.27. The fourth-order valence-corrected chi connectivity index (χ4v) is 3.37. The van der Waals surface area contributed by atoms with E-state index in [9.17, 15) is 13.6 Å². The molecule has 2 aromatic rings. The molecule has 1 amide bonds. The fourth-order valence-electron chi connectivity index (χ4n) is 3.37. The number of hydrogen-bond acceptors (Lipinski definition) is 2. The highest BCUT2D eigenvalue weighted by molar-refractivity contribution is 5.83. The molecule has 0 aromatic heterocycles. The molecule has 1 aliphatic rings. The maximum absolute atomic E-state index is 13.9. The summed E-state index contributed by atoms with van der Waals surface area (Å²) >= 11 is 0. The first-order valence-electron chi connectivity index (χ1n) is 8.46. The lowest BCUT2D eigenvalue weighted by molar-refractivity contribution is -0.124. The zero-order valence-electron chi connectivity index (χ0n) is 14.3. The number of amides is 1. The average Bonchev–Trinajstić information content (AvgIpc) is 2.92. The predicted octanol–water partition coefficient (Wildman–Crippen LogP) is 3.89. The van der Waals surface area contributed by atoms with Gasteiger partial charge in [-0.05, 0) is 37.5 Å². The lowest BCUT2D eigenvalue weighted by Crippen LogP contribution is -2.40. The minimum atomic E-state index is -0.716. The molecule has 5 heteroatoms. The summed E-state index contributed by atoms with van der Waals surface area (Å²) in [6, 6.07) is 11.0. The van der Waals surface area contributed by atoms with E-state index in [-0.39, 0.29) is 23.6 Å². The first-order valence-corrected chi connectivity index (χ1v) is 8.46. The van der Waals surface area contributed by atoms with Crippen molar-refractivity contribution in [1.82, 2.24) is 5.32 Å². The number of benzene rings is 2. The van der Waals surface area contributed by atoms with Crippen molar-refractivity contribution < 1.29 is 18.3 Å². The Balaban J connectivity index is 1.76. The van der Waals surface area contributed by atoms with Gasteiger partial charge in [0.05, 0.1) is 12.0 Å². The number of nitrogens with one attached hydrogen (secondary N) is 1. The molecule has 0 aliphatic heterocycles. The number of hydrogen-bond donors (Lipinski definition) is 1. The van der Waals surface area contributed by atoms with Crippen LogP contribution in [0.15, 0.2) is 42.5 Å². The second kappa shape index (κ2) is 7.31. The van der Waals surface area contributed by atoms with Gasteiger partial charge in [0, 0.05) is 18.2 Å². The van der Waals surface area contributed by atoms with Crippen LogP contribution in [-0.4, -0.2) is 18.6 Å². The summed E-state index contributed by atoms with van der Waals surface area (Å²) in [4.78, 5) is 12.6. The first-order chi connectivity index (χ1) is 12.0. The monoisotopic (exact) mass is 345 g/mol. The van der Waals surface area contributed by atoms with Crippen LogP contribution in [0.2, 0.25) is 0 Å². The lowest BCUT2D eigenvalue weighted by Gasteiger charge is -2.23. The molecule has 0 bridgehead atoms. The van der Waals surface area contributed by atoms with Gasteiger partial charge in [-0.1, -0.05) is 30.3 Å². The maximum atomic E-state index is 13.9. The van der Waals surface area contributed by atoms with Crippen molar-refractivity contribution in [2.24, 2.45) is 0 Å². The van der Waals surface area contributed by atoms with E-state index in [1.807, 2.05) is 31.2 Å². The smallest absolute Gasteiger partial charge is 0.227 e. The Labute approximate surface area is 146 Å². The van der Waals surface area contributed by atoms with Gasteiger partial charge in [-0.2, -0.15) is 0 Å². The Morgan fingerprint density at radius 2 is 2.04 bits per heavy atom. The summed E-state index contributed by atoms with van der Waals surface area (Å²) in [6.45, 7) is 4.06. The summed E-state index contributed by atoms with van der Waals surface area (Å²) in [5.41, 5.74) is 2.41. The molecule has 0 heterocycles. The van der Waals surface area contributed by atoms with Crippen LogP contribution in [0.5, 0.6) is 0 Å². The number of rotatable bonds is 5. The van der Waals surface area contributed by atoms with Gasteiger partial charge < -0.3 is 10.1 Å². The van der Waals surface area contributed by atoms with E-state index >= 15 is 0 Å². The number of ether oxygens (including phenoxy) is 1. The van der Waals surface area contributed by atoms with Gasteiger partial charge in [-0.25, -0.2) is 8.78 Å². The highest BCUT2D eigenvalue weighted by Crippen LogP contribution is 2.34. The van der Waals surface area contributed by atoms with Crippen LogP contribution in [0.1, 0.15) is 42.6 Å². The Morgan fingerprint density at radius 1 is 1.28 bits per heavy atom. The summed E-state index contributed by atoms with van der Waals surface area (Å²) in [7, 11) is 0. The van der Waals surface area contributed by atoms with E-state index in [1.165, 1.54) is 6.07 Å². The van der Waals surface area contributed by atoms with Crippen LogP contribution >= 0.6 is 0 Å². The molecule has 0 saturated heterocycles. The van der Waals surface area contributed by atoms with Gasteiger partial charge in [0.25, 0.3) is 0 Å². The van der Waals surface area contributed by atoms with Gasteiger partial charge in [-0.3, -0.25) is 4.79 Å². The molecule has 2 aromatic carbocycles. The Morgan fingerprint density at radius 3 is 2.76 bits per heavy atom. The van der Waals surface area contributed by atoms with Gasteiger partial charge in [0.1, 0.15) is 17.7 Å². The molecule has 1 aliphatic carbocycles. The summed E-state index contributed by atoms with van der Waals surface area (Å²) < 4.78 is 32.8. The molecular formula is C20H21F2NO2. The third kappa shape index (κ3) is 3.56. The van der Waals surface area contributed by atoms with Crippen LogP contribution in [0.25, 0.3) is 0 Å². The number of carbonyl (C=O) groups is 1. The minimum Gasteiger partial charge on any atom is -0.372 e. The third-order valence-electron chi connectivity index (χ3n) is 4.66. The lowest BCUT2D eigenvalue weighted by atomic mass is 9.99. The minimum absolute atomic E-state index is 0.183.